The molecular formula is C15H24IN5S. The molecule has 0 aliphatic heterocycles. The lowest BCUT2D eigenvalue weighted by Crippen LogP contribution is -2.37. The van der Waals surface area contributed by atoms with Crippen LogP contribution in [0.4, 0.5) is 0 Å². The van der Waals surface area contributed by atoms with Gasteiger partial charge in [-0.15, -0.1) is 35.3 Å². The van der Waals surface area contributed by atoms with E-state index >= 15 is 0 Å². The molecule has 22 heavy (non-hydrogen) atoms. The molecule has 0 unspecified atom stereocenters. The maximum absolute atomic E-state index is 4.59. The number of aliphatic imine (C=N–C) groups is 1. The predicted molar refractivity (Wildman–Crippen MR) is 104 cm³/mol. The van der Waals surface area contributed by atoms with E-state index in [2.05, 4.69) is 57.2 Å². The molecule has 0 spiro atoms. The number of hydrogen-bond donors (Lipinski definition) is 3. The molecule has 0 aromatic carbocycles. The second kappa shape index (κ2) is 10.6. The van der Waals surface area contributed by atoms with Gasteiger partial charge < -0.3 is 10.6 Å². The number of aromatic nitrogens is 2. The highest BCUT2D eigenvalue weighted by Gasteiger charge is 2.01. The lowest BCUT2D eigenvalue weighted by molar-refractivity contribution is 0.742. The average Bonchev–Trinajstić information content (AvgIpc) is 3.13. The van der Waals surface area contributed by atoms with Crippen LogP contribution in [0, 0.1) is 6.92 Å². The molecule has 0 radical (unpaired) electrons. The summed E-state index contributed by atoms with van der Waals surface area (Å²) in [7, 11) is 0. The minimum Gasteiger partial charge on any atom is -0.357 e. The largest absolute Gasteiger partial charge is 0.357 e. The number of H-pyrrole nitrogens is 1. The molecule has 2 rings (SSSR count). The van der Waals surface area contributed by atoms with Gasteiger partial charge in [0.2, 0.25) is 0 Å². The SMILES string of the molecule is CCNC(=NCc1cccs1)NCCCc1cn[nH]c1C.I. The molecule has 2 aromatic heterocycles. The quantitative estimate of drug-likeness (QED) is 0.272. The van der Waals surface area contributed by atoms with Crippen molar-refractivity contribution in [3.63, 3.8) is 0 Å². The zero-order valence-electron chi connectivity index (χ0n) is 13.1. The van der Waals surface area contributed by atoms with Crippen molar-refractivity contribution in [1.29, 1.82) is 0 Å². The summed E-state index contributed by atoms with van der Waals surface area (Å²) in [6.45, 7) is 6.64. The number of rotatable bonds is 7. The van der Waals surface area contributed by atoms with Gasteiger partial charge in [0.25, 0.3) is 0 Å². The molecular weight excluding hydrogens is 409 g/mol. The van der Waals surface area contributed by atoms with E-state index in [1.54, 1.807) is 11.3 Å². The van der Waals surface area contributed by atoms with Gasteiger partial charge in [-0.2, -0.15) is 5.10 Å². The highest BCUT2D eigenvalue weighted by atomic mass is 127. The Morgan fingerprint density at radius 1 is 1.41 bits per heavy atom. The highest BCUT2D eigenvalue weighted by molar-refractivity contribution is 14.0. The van der Waals surface area contributed by atoms with Crippen LogP contribution in [0.5, 0.6) is 0 Å². The van der Waals surface area contributed by atoms with Crippen LogP contribution in [-0.4, -0.2) is 29.2 Å². The summed E-state index contributed by atoms with van der Waals surface area (Å²) < 4.78 is 0. The van der Waals surface area contributed by atoms with Gasteiger partial charge in [-0.1, -0.05) is 6.07 Å². The smallest absolute Gasteiger partial charge is 0.191 e. The number of hydrogen-bond acceptors (Lipinski definition) is 3. The van der Waals surface area contributed by atoms with Gasteiger partial charge in [0, 0.05) is 23.7 Å². The van der Waals surface area contributed by atoms with Crippen molar-refractivity contribution in [2.75, 3.05) is 13.1 Å². The van der Waals surface area contributed by atoms with Gasteiger partial charge in [0.15, 0.2) is 5.96 Å². The first-order valence-corrected chi connectivity index (χ1v) is 8.21. The van der Waals surface area contributed by atoms with Crippen molar-refractivity contribution in [3.05, 3.63) is 39.8 Å². The Hall–Kier alpha value is -1.09. The summed E-state index contributed by atoms with van der Waals surface area (Å²) in [5.74, 6) is 0.884. The maximum Gasteiger partial charge on any atom is 0.191 e. The molecule has 0 aliphatic rings. The molecule has 0 amide bonds. The third-order valence-electron chi connectivity index (χ3n) is 3.17. The molecule has 0 fully saturated rings. The maximum atomic E-state index is 4.59. The number of nitrogens with one attached hydrogen (secondary N) is 3. The summed E-state index contributed by atoms with van der Waals surface area (Å²) >= 11 is 1.74. The Labute approximate surface area is 153 Å². The fourth-order valence-corrected chi connectivity index (χ4v) is 2.64. The molecule has 122 valence electrons. The first kappa shape index (κ1) is 19.0. The van der Waals surface area contributed by atoms with E-state index in [0.29, 0.717) is 0 Å². The van der Waals surface area contributed by atoms with Gasteiger partial charge in [0.05, 0.1) is 12.7 Å². The van der Waals surface area contributed by atoms with E-state index in [1.807, 2.05) is 6.20 Å². The average molecular weight is 433 g/mol. The van der Waals surface area contributed by atoms with E-state index in [1.165, 1.54) is 10.4 Å². The van der Waals surface area contributed by atoms with E-state index < -0.39 is 0 Å². The number of aromatic amines is 1. The standard InChI is InChI=1S/C15H23N5S.HI/c1-3-16-15(18-11-14-7-5-9-21-14)17-8-4-6-13-10-19-20-12(13)2;/h5,7,9-10H,3-4,6,8,11H2,1-2H3,(H,19,20)(H2,16,17,18);1H. The molecule has 2 aromatic rings. The second-order valence-electron chi connectivity index (χ2n) is 4.83. The van der Waals surface area contributed by atoms with Crippen molar-refractivity contribution < 1.29 is 0 Å². The topological polar surface area (TPSA) is 65.1 Å². The van der Waals surface area contributed by atoms with Crippen LogP contribution in [0.2, 0.25) is 0 Å². The molecule has 0 saturated carbocycles. The fraction of sp³-hybridized carbons (Fsp3) is 0.467. The van der Waals surface area contributed by atoms with E-state index in [-0.39, 0.29) is 24.0 Å². The van der Waals surface area contributed by atoms with Crippen LogP contribution in [-0.2, 0) is 13.0 Å². The Kier molecular flexibility index (Phi) is 9.14. The minimum absolute atomic E-state index is 0. The zero-order chi connectivity index (χ0) is 14.9. The molecule has 5 nitrogen and oxygen atoms in total. The van der Waals surface area contributed by atoms with Crippen molar-refractivity contribution in [1.82, 2.24) is 20.8 Å². The van der Waals surface area contributed by atoms with Crippen molar-refractivity contribution >= 4 is 41.3 Å². The molecule has 0 atom stereocenters. The zero-order valence-corrected chi connectivity index (χ0v) is 16.2. The highest BCUT2D eigenvalue weighted by Crippen LogP contribution is 2.09. The Balaban J connectivity index is 0.00000242. The van der Waals surface area contributed by atoms with Crippen molar-refractivity contribution in [2.45, 2.75) is 33.2 Å². The van der Waals surface area contributed by atoms with Gasteiger partial charge >= 0.3 is 0 Å². The lowest BCUT2D eigenvalue weighted by atomic mass is 10.1. The van der Waals surface area contributed by atoms with Crippen LogP contribution in [0.15, 0.2) is 28.7 Å². The second-order valence-corrected chi connectivity index (χ2v) is 5.86. The van der Waals surface area contributed by atoms with E-state index in [9.17, 15) is 0 Å². The van der Waals surface area contributed by atoms with Crippen LogP contribution in [0.25, 0.3) is 0 Å². The summed E-state index contributed by atoms with van der Waals surface area (Å²) in [5.41, 5.74) is 2.45. The van der Waals surface area contributed by atoms with Crippen LogP contribution >= 0.6 is 35.3 Å². The van der Waals surface area contributed by atoms with Crippen LogP contribution < -0.4 is 10.6 Å². The molecule has 0 bridgehead atoms. The lowest BCUT2D eigenvalue weighted by Gasteiger charge is -2.10. The van der Waals surface area contributed by atoms with E-state index in [4.69, 9.17) is 0 Å². The van der Waals surface area contributed by atoms with Crippen molar-refractivity contribution in [2.24, 2.45) is 4.99 Å². The Morgan fingerprint density at radius 3 is 2.91 bits per heavy atom. The number of aryl methyl sites for hydroxylation is 2. The minimum atomic E-state index is 0. The summed E-state index contributed by atoms with van der Waals surface area (Å²) in [4.78, 5) is 5.87. The third-order valence-corrected chi connectivity index (χ3v) is 4.03. The third kappa shape index (κ3) is 6.35. The van der Waals surface area contributed by atoms with Gasteiger partial charge in [-0.3, -0.25) is 5.10 Å². The number of nitrogens with zero attached hydrogens (tertiary/aromatic N) is 2. The Bertz CT molecular complexity index is 550. The first-order valence-electron chi connectivity index (χ1n) is 7.33. The monoisotopic (exact) mass is 433 g/mol. The molecule has 2 heterocycles. The van der Waals surface area contributed by atoms with Crippen LogP contribution in [0.1, 0.15) is 29.5 Å². The molecule has 0 aliphatic carbocycles. The fourth-order valence-electron chi connectivity index (χ4n) is 2.01. The normalized spacial score (nSPS) is 11.1. The number of guanidine groups is 1. The van der Waals surface area contributed by atoms with Crippen LogP contribution in [0.3, 0.4) is 0 Å². The Morgan fingerprint density at radius 2 is 2.27 bits per heavy atom. The van der Waals surface area contributed by atoms with Gasteiger partial charge in [-0.05, 0) is 43.7 Å². The number of halogens is 1. The number of thiophene rings is 1. The van der Waals surface area contributed by atoms with Gasteiger partial charge in [-0.25, -0.2) is 4.99 Å². The summed E-state index contributed by atoms with van der Waals surface area (Å²) in [5, 5.41) is 15.7. The predicted octanol–water partition coefficient (Wildman–Crippen LogP) is 3.09. The first-order chi connectivity index (χ1) is 10.3. The summed E-state index contributed by atoms with van der Waals surface area (Å²) in [6, 6.07) is 4.17. The van der Waals surface area contributed by atoms with E-state index in [0.717, 1.165) is 44.1 Å². The van der Waals surface area contributed by atoms with Crippen molar-refractivity contribution in [3.8, 4) is 0 Å². The van der Waals surface area contributed by atoms with Gasteiger partial charge in [0.1, 0.15) is 0 Å². The summed E-state index contributed by atoms with van der Waals surface area (Å²) in [6.07, 6.45) is 3.99. The molecule has 7 heteroatoms. The molecule has 0 saturated heterocycles. The molecule has 3 N–H and O–H groups in total.